The van der Waals surface area contributed by atoms with Crippen LogP contribution in [0.5, 0.6) is 5.75 Å². The van der Waals surface area contributed by atoms with E-state index in [9.17, 15) is 9.90 Å². The van der Waals surface area contributed by atoms with Gasteiger partial charge in [-0.25, -0.2) is 4.79 Å². The summed E-state index contributed by atoms with van der Waals surface area (Å²) in [5.41, 5.74) is 1.01. The second-order valence-corrected chi connectivity index (χ2v) is 7.01. The number of nitrogens with one attached hydrogen (secondary N) is 1. The zero-order valence-electron chi connectivity index (χ0n) is 15.0. The van der Waals surface area contributed by atoms with E-state index in [2.05, 4.69) is 19.2 Å². The van der Waals surface area contributed by atoms with E-state index >= 15 is 0 Å². The van der Waals surface area contributed by atoms with E-state index in [1.165, 1.54) is 0 Å². The number of carbonyl (C=O) groups excluding carboxylic acids is 1. The lowest BCUT2D eigenvalue weighted by molar-refractivity contribution is 0.127. The molecule has 2 N–H and O–H groups in total. The van der Waals surface area contributed by atoms with Crippen LogP contribution in [0, 0.1) is 11.8 Å². The zero-order chi connectivity index (χ0) is 17.5. The number of nitrogens with zero attached hydrogens (tertiary/aromatic N) is 1. The third kappa shape index (κ3) is 4.87. The summed E-state index contributed by atoms with van der Waals surface area (Å²) in [6, 6.07) is 7.72. The van der Waals surface area contributed by atoms with Gasteiger partial charge in [-0.2, -0.15) is 0 Å². The van der Waals surface area contributed by atoms with Crippen molar-refractivity contribution < 1.29 is 14.6 Å². The van der Waals surface area contributed by atoms with Crippen molar-refractivity contribution in [3.63, 3.8) is 0 Å². The molecule has 1 fully saturated rings. The highest BCUT2D eigenvalue weighted by molar-refractivity contribution is 5.75. The molecule has 1 aliphatic rings. The fraction of sp³-hybridized carbons (Fsp3) is 0.632. The summed E-state index contributed by atoms with van der Waals surface area (Å²) in [5.74, 6) is 1.45. The van der Waals surface area contributed by atoms with Crippen molar-refractivity contribution in [3.8, 4) is 5.75 Å². The molecule has 1 aliphatic heterocycles. The summed E-state index contributed by atoms with van der Waals surface area (Å²) in [7, 11) is 1.66. The quantitative estimate of drug-likeness (QED) is 0.840. The molecule has 1 saturated heterocycles. The van der Waals surface area contributed by atoms with Gasteiger partial charge in [0.1, 0.15) is 5.75 Å². The van der Waals surface area contributed by atoms with Crippen LogP contribution in [-0.2, 0) is 0 Å². The maximum absolute atomic E-state index is 12.7. The predicted octanol–water partition coefficient (Wildman–Crippen LogP) is 3.20. The lowest BCUT2D eigenvalue weighted by Gasteiger charge is -2.33. The summed E-state index contributed by atoms with van der Waals surface area (Å²) in [5, 5.41) is 12.5. The van der Waals surface area contributed by atoms with Crippen LogP contribution in [-0.4, -0.2) is 42.8 Å². The van der Waals surface area contributed by atoms with Gasteiger partial charge in [0.15, 0.2) is 0 Å². The first-order chi connectivity index (χ1) is 11.5. The van der Waals surface area contributed by atoms with Gasteiger partial charge in [0.05, 0.1) is 13.2 Å². The van der Waals surface area contributed by atoms with Crippen molar-refractivity contribution in [1.29, 1.82) is 0 Å². The minimum atomic E-state index is -0.0804. The van der Waals surface area contributed by atoms with Gasteiger partial charge in [-0.05, 0) is 37.2 Å². The van der Waals surface area contributed by atoms with E-state index in [1.54, 1.807) is 7.11 Å². The van der Waals surface area contributed by atoms with E-state index in [4.69, 9.17) is 4.74 Å². The first-order valence-corrected chi connectivity index (χ1v) is 8.84. The summed E-state index contributed by atoms with van der Waals surface area (Å²) in [6.07, 6.45) is 2.79. The third-order valence-corrected chi connectivity index (χ3v) is 4.58. The van der Waals surface area contributed by atoms with Gasteiger partial charge in [-0.1, -0.05) is 32.0 Å². The van der Waals surface area contributed by atoms with Crippen molar-refractivity contribution in [3.05, 3.63) is 29.8 Å². The van der Waals surface area contributed by atoms with Gasteiger partial charge in [-0.15, -0.1) is 0 Å². The Kier molecular flexibility index (Phi) is 6.91. The second-order valence-electron chi connectivity index (χ2n) is 7.01. The molecule has 24 heavy (non-hydrogen) atoms. The Bertz CT molecular complexity index is 533. The molecular weight excluding hydrogens is 304 g/mol. The number of ether oxygens (including phenoxy) is 1. The van der Waals surface area contributed by atoms with E-state index in [0.717, 1.165) is 37.1 Å². The molecule has 0 spiro atoms. The Balaban J connectivity index is 2.12. The number of likely N-dealkylation sites (tertiary alicyclic amines) is 1. The van der Waals surface area contributed by atoms with Gasteiger partial charge in [0, 0.05) is 25.3 Å². The van der Waals surface area contributed by atoms with Crippen LogP contribution in [0.25, 0.3) is 0 Å². The minimum Gasteiger partial charge on any atom is -0.496 e. The average Bonchev–Trinajstić information content (AvgIpc) is 2.60. The Labute approximate surface area is 145 Å². The standard InChI is InChI=1S/C19H30N2O3/c1-14(2)11-17(16-8-4-5-9-18(16)24-3)20-19(23)21-10-6-7-15(12-21)13-22/h4-5,8-9,14-15,17,22H,6-7,10-13H2,1-3H3,(H,20,23)/t15-,17+/m0/s1. The highest BCUT2D eigenvalue weighted by Gasteiger charge is 2.26. The van der Waals surface area contributed by atoms with Crippen LogP contribution in [0.4, 0.5) is 4.79 Å². The number of benzene rings is 1. The molecule has 5 heteroatoms. The molecule has 2 rings (SSSR count). The number of hydrogen-bond donors (Lipinski definition) is 2. The Morgan fingerprint density at radius 2 is 2.17 bits per heavy atom. The normalized spacial score (nSPS) is 19.2. The molecule has 0 aromatic heterocycles. The summed E-state index contributed by atoms with van der Waals surface area (Å²) in [6.45, 7) is 5.82. The maximum atomic E-state index is 12.7. The van der Waals surface area contributed by atoms with Gasteiger partial charge < -0.3 is 20.1 Å². The van der Waals surface area contributed by atoms with Gasteiger partial charge in [-0.3, -0.25) is 0 Å². The van der Waals surface area contributed by atoms with Crippen molar-refractivity contribution in [2.75, 3.05) is 26.8 Å². The Morgan fingerprint density at radius 1 is 1.42 bits per heavy atom. The number of urea groups is 1. The first kappa shape index (κ1) is 18.6. The number of rotatable bonds is 6. The molecule has 1 aromatic rings. The van der Waals surface area contributed by atoms with Crippen LogP contribution in [0.2, 0.25) is 0 Å². The number of para-hydroxylation sites is 1. The Morgan fingerprint density at radius 3 is 2.83 bits per heavy atom. The third-order valence-electron chi connectivity index (χ3n) is 4.58. The smallest absolute Gasteiger partial charge is 0.317 e. The molecule has 2 atom stereocenters. The lowest BCUT2D eigenvalue weighted by atomic mass is 9.96. The molecule has 2 amide bonds. The summed E-state index contributed by atoms with van der Waals surface area (Å²) in [4.78, 5) is 14.5. The molecule has 0 saturated carbocycles. The number of hydrogen-bond acceptors (Lipinski definition) is 3. The number of carbonyl (C=O) groups is 1. The fourth-order valence-corrected chi connectivity index (χ4v) is 3.33. The van der Waals surface area contributed by atoms with Gasteiger partial charge in [0.25, 0.3) is 0 Å². The fourth-order valence-electron chi connectivity index (χ4n) is 3.33. The highest BCUT2D eigenvalue weighted by Crippen LogP contribution is 2.29. The number of amides is 2. The number of piperidine rings is 1. The van der Waals surface area contributed by atoms with Crippen molar-refractivity contribution in [2.45, 2.75) is 39.2 Å². The van der Waals surface area contributed by atoms with Gasteiger partial charge >= 0.3 is 6.03 Å². The molecule has 5 nitrogen and oxygen atoms in total. The minimum absolute atomic E-state index is 0.0512. The van der Waals surface area contributed by atoms with Crippen LogP contribution < -0.4 is 10.1 Å². The molecule has 0 bridgehead atoms. The van der Waals surface area contributed by atoms with E-state index < -0.39 is 0 Å². The predicted molar refractivity (Wildman–Crippen MR) is 95.1 cm³/mol. The second kappa shape index (κ2) is 8.92. The highest BCUT2D eigenvalue weighted by atomic mass is 16.5. The topological polar surface area (TPSA) is 61.8 Å². The van der Waals surface area contributed by atoms with E-state index in [-0.39, 0.29) is 24.6 Å². The number of aliphatic hydroxyl groups is 1. The summed E-state index contributed by atoms with van der Waals surface area (Å²) < 4.78 is 5.47. The zero-order valence-corrected chi connectivity index (χ0v) is 15.0. The summed E-state index contributed by atoms with van der Waals surface area (Å²) >= 11 is 0. The van der Waals surface area contributed by atoms with Crippen LogP contribution in [0.15, 0.2) is 24.3 Å². The number of methoxy groups -OCH3 is 1. The van der Waals surface area contributed by atoms with Crippen molar-refractivity contribution >= 4 is 6.03 Å². The molecule has 1 heterocycles. The average molecular weight is 334 g/mol. The molecule has 134 valence electrons. The molecule has 0 aliphatic carbocycles. The SMILES string of the molecule is COc1ccccc1[C@@H](CC(C)C)NC(=O)N1CCC[C@H](CO)C1. The van der Waals surface area contributed by atoms with Crippen LogP contribution in [0.3, 0.4) is 0 Å². The first-order valence-electron chi connectivity index (χ1n) is 8.84. The van der Waals surface area contributed by atoms with Crippen molar-refractivity contribution in [2.24, 2.45) is 11.8 Å². The Hall–Kier alpha value is -1.75. The maximum Gasteiger partial charge on any atom is 0.317 e. The monoisotopic (exact) mass is 334 g/mol. The van der Waals surface area contributed by atoms with Crippen LogP contribution >= 0.6 is 0 Å². The molecular formula is C19H30N2O3. The van der Waals surface area contributed by atoms with Crippen molar-refractivity contribution in [1.82, 2.24) is 10.2 Å². The largest absolute Gasteiger partial charge is 0.496 e. The lowest BCUT2D eigenvalue weighted by Crippen LogP contribution is -2.47. The van der Waals surface area contributed by atoms with E-state index in [1.807, 2.05) is 29.2 Å². The van der Waals surface area contributed by atoms with Crippen LogP contribution in [0.1, 0.15) is 44.7 Å². The molecule has 0 radical (unpaired) electrons. The van der Waals surface area contributed by atoms with E-state index in [0.29, 0.717) is 12.5 Å². The molecule has 0 unspecified atom stereocenters. The molecule has 1 aromatic carbocycles. The number of aliphatic hydroxyl groups excluding tert-OH is 1. The van der Waals surface area contributed by atoms with Gasteiger partial charge in [0.2, 0.25) is 0 Å².